The third-order valence-corrected chi connectivity index (χ3v) is 6.15. The fraction of sp³-hybridized carbons (Fsp3) is 0.520. The molecule has 0 aromatic heterocycles. The van der Waals surface area contributed by atoms with Crippen LogP contribution >= 0.6 is 0 Å². The van der Waals surface area contributed by atoms with E-state index in [2.05, 4.69) is 4.74 Å². The molecule has 1 aliphatic carbocycles. The largest absolute Gasteiger partial charge is 0.481 e. The Hall–Kier alpha value is -2.18. The van der Waals surface area contributed by atoms with Crippen LogP contribution in [0.4, 0.5) is 26.3 Å². The van der Waals surface area contributed by atoms with Crippen molar-refractivity contribution in [3.05, 3.63) is 64.7 Å². The predicted octanol–water partition coefficient (Wildman–Crippen LogP) is 8.03. The Morgan fingerprint density at radius 2 is 1.53 bits per heavy atom. The van der Waals surface area contributed by atoms with Crippen molar-refractivity contribution in [3.8, 4) is 5.75 Å². The number of hydrogen-bond donors (Lipinski definition) is 0. The second-order valence-corrected chi connectivity index (χ2v) is 8.50. The third kappa shape index (κ3) is 6.91. The highest BCUT2D eigenvalue weighted by atomic mass is 19.4. The van der Waals surface area contributed by atoms with Crippen molar-refractivity contribution >= 4 is 0 Å². The summed E-state index contributed by atoms with van der Waals surface area (Å²) in [6, 6.07) is 9.46. The molecule has 1 fully saturated rings. The quantitative estimate of drug-likeness (QED) is 0.273. The molecule has 0 radical (unpaired) electrons. The molecule has 7 heteroatoms. The monoisotopic (exact) mass is 458 g/mol. The Labute approximate surface area is 184 Å². The SMILES string of the molecule is FCCCCCc1ccc(C2CCC(c3ccc(OCC(F)(F)F)c(F)c3)CC2)c(F)c1. The van der Waals surface area contributed by atoms with Crippen molar-refractivity contribution in [1.29, 1.82) is 0 Å². The first-order chi connectivity index (χ1) is 15.3. The summed E-state index contributed by atoms with van der Waals surface area (Å²) in [5.41, 5.74) is 2.34. The Bertz CT molecular complexity index is 871. The van der Waals surface area contributed by atoms with Gasteiger partial charge in [0.2, 0.25) is 0 Å². The van der Waals surface area contributed by atoms with Gasteiger partial charge >= 0.3 is 6.18 Å². The second kappa shape index (κ2) is 11.1. The van der Waals surface area contributed by atoms with E-state index in [1.165, 1.54) is 12.1 Å². The number of aryl methyl sites for hydroxylation is 1. The number of hydrogen-bond acceptors (Lipinski definition) is 1. The van der Waals surface area contributed by atoms with Gasteiger partial charge in [-0.05, 0) is 91.7 Å². The van der Waals surface area contributed by atoms with Crippen LogP contribution in [0.5, 0.6) is 5.75 Å². The van der Waals surface area contributed by atoms with E-state index in [9.17, 15) is 26.3 Å². The van der Waals surface area contributed by atoms with Crippen molar-refractivity contribution in [3.63, 3.8) is 0 Å². The van der Waals surface area contributed by atoms with Crippen LogP contribution in [0.25, 0.3) is 0 Å². The molecule has 32 heavy (non-hydrogen) atoms. The third-order valence-electron chi connectivity index (χ3n) is 6.15. The summed E-state index contributed by atoms with van der Waals surface area (Å²) in [6.07, 6.45) is 1.39. The fourth-order valence-corrected chi connectivity index (χ4v) is 4.44. The van der Waals surface area contributed by atoms with Gasteiger partial charge in [-0.15, -0.1) is 0 Å². The molecule has 0 bridgehead atoms. The molecular weight excluding hydrogens is 430 g/mol. The Kier molecular flexibility index (Phi) is 8.49. The molecular formula is C25H28F6O. The normalized spacial score (nSPS) is 19.2. The number of rotatable bonds is 9. The molecule has 1 nitrogen and oxygen atoms in total. The first kappa shape index (κ1) is 24.5. The van der Waals surface area contributed by atoms with Gasteiger partial charge in [0, 0.05) is 0 Å². The van der Waals surface area contributed by atoms with Crippen molar-refractivity contribution in [2.24, 2.45) is 0 Å². The summed E-state index contributed by atoms with van der Waals surface area (Å²) in [6.45, 7) is -1.85. The molecule has 1 saturated carbocycles. The molecule has 0 amide bonds. The highest BCUT2D eigenvalue weighted by Gasteiger charge is 2.29. The molecule has 0 unspecified atom stereocenters. The smallest absolute Gasteiger partial charge is 0.422 e. The Balaban J connectivity index is 1.55. The standard InChI is InChI=1S/C25H28F6O/c26-13-3-1-2-4-17-5-11-21(22(27)14-17)19-8-6-18(7-9-19)20-10-12-24(23(28)15-20)32-16-25(29,30)31/h5,10-12,14-15,18-19H,1-4,6-9,13,16H2. The highest BCUT2D eigenvalue weighted by Crippen LogP contribution is 2.42. The van der Waals surface area contributed by atoms with Gasteiger partial charge in [0.05, 0.1) is 6.67 Å². The van der Waals surface area contributed by atoms with E-state index in [4.69, 9.17) is 0 Å². The number of unbranched alkanes of at least 4 members (excludes halogenated alkanes) is 2. The summed E-state index contributed by atoms with van der Waals surface area (Å²) in [5, 5.41) is 0. The van der Waals surface area contributed by atoms with E-state index in [1.807, 2.05) is 12.1 Å². The van der Waals surface area contributed by atoms with Gasteiger partial charge in [0.1, 0.15) is 5.82 Å². The van der Waals surface area contributed by atoms with Crippen molar-refractivity contribution in [2.75, 3.05) is 13.3 Å². The van der Waals surface area contributed by atoms with Crippen LogP contribution in [0.1, 0.15) is 73.5 Å². The van der Waals surface area contributed by atoms with Crippen molar-refractivity contribution in [2.45, 2.75) is 69.4 Å². The first-order valence-electron chi connectivity index (χ1n) is 11.1. The van der Waals surface area contributed by atoms with Gasteiger partial charge in [0.25, 0.3) is 0 Å². The van der Waals surface area contributed by atoms with Crippen LogP contribution in [-0.2, 0) is 6.42 Å². The van der Waals surface area contributed by atoms with Gasteiger partial charge in [0.15, 0.2) is 18.2 Å². The molecule has 2 aromatic rings. The lowest BCUT2D eigenvalue weighted by molar-refractivity contribution is -0.153. The summed E-state index contributed by atoms with van der Waals surface area (Å²) < 4.78 is 82.3. The van der Waals surface area contributed by atoms with Crippen LogP contribution in [0.15, 0.2) is 36.4 Å². The van der Waals surface area contributed by atoms with Crippen LogP contribution < -0.4 is 4.74 Å². The average Bonchev–Trinajstić information content (AvgIpc) is 2.75. The van der Waals surface area contributed by atoms with Gasteiger partial charge in [-0.25, -0.2) is 8.78 Å². The minimum absolute atomic E-state index is 0.0789. The predicted molar refractivity (Wildman–Crippen MR) is 112 cm³/mol. The molecule has 0 spiro atoms. The zero-order valence-electron chi connectivity index (χ0n) is 17.9. The van der Waals surface area contributed by atoms with E-state index in [0.717, 1.165) is 56.1 Å². The highest BCUT2D eigenvalue weighted by molar-refractivity contribution is 5.33. The van der Waals surface area contributed by atoms with Crippen molar-refractivity contribution in [1.82, 2.24) is 0 Å². The Morgan fingerprint density at radius 3 is 2.16 bits per heavy atom. The molecule has 176 valence electrons. The molecule has 0 saturated heterocycles. The van der Waals surface area contributed by atoms with Gasteiger partial charge < -0.3 is 4.74 Å². The molecule has 1 aliphatic rings. The molecule has 2 aromatic carbocycles. The van der Waals surface area contributed by atoms with Crippen LogP contribution in [0.2, 0.25) is 0 Å². The maximum atomic E-state index is 14.7. The van der Waals surface area contributed by atoms with E-state index in [0.29, 0.717) is 12.0 Å². The average molecular weight is 458 g/mol. The number of alkyl halides is 4. The lowest BCUT2D eigenvalue weighted by Crippen LogP contribution is -2.19. The summed E-state index contributed by atoms with van der Waals surface area (Å²) >= 11 is 0. The number of ether oxygens (including phenoxy) is 1. The van der Waals surface area contributed by atoms with E-state index < -0.39 is 24.3 Å². The molecule has 0 N–H and O–H groups in total. The maximum Gasteiger partial charge on any atom is 0.422 e. The van der Waals surface area contributed by atoms with Crippen LogP contribution in [-0.4, -0.2) is 19.5 Å². The molecule has 0 atom stereocenters. The summed E-state index contributed by atoms with van der Waals surface area (Å²) in [5.74, 6) is -1.26. The molecule has 3 rings (SSSR count). The van der Waals surface area contributed by atoms with E-state index >= 15 is 0 Å². The zero-order valence-corrected chi connectivity index (χ0v) is 17.9. The molecule has 0 heterocycles. The molecule has 0 aliphatic heterocycles. The van der Waals surface area contributed by atoms with Gasteiger partial charge in [-0.2, -0.15) is 13.2 Å². The number of benzene rings is 2. The van der Waals surface area contributed by atoms with Gasteiger partial charge in [-0.3, -0.25) is 4.39 Å². The lowest BCUT2D eigenvalue weighted by atomic mass is 9.76. The van der Waals surface area contributed by atoms with Crippen LogP contribution in [0.3, 0.4) is 0 Å². The zero-order chi connectivity index (χ0) is 23.1. The summed E-state index contributed by atoms with van der Waals surface area (Å²) in [4.78, 5) is 0. The van der Waals surface area contributed by atoms with Crippen molar-refractivity contribution < 1.29 is 31.1 Å². The lowest BCUT2D eigenvalue weighted by Gasteiger charge is -2.29. The van der Waals surface area contributed by atoms with Gasteiger partial charge in [-0.1, -0.05) is 24.6 Å². The topological polar surface area (TPSA) is 9.23 Å². The number of halogens is 6. The van der Waals surface area contributed by atoms with E-state index in [-0.39, 0.29) is 24.3 Å². The maximum absolute atomic E-state index is 14.7. The fourth-order valence-electron chi connectivity index (χ4n) is 4.44. The Morgan fingerprint density at radius 1 is 0.812 bits per heavy atom. The minimum Gasteiger partial charge on any atom is -0.481 e. The first-order valence-corrected chi connectivity index (χ1v) is 11.1. The second-order valence-electron chi connectivity index (χ2n) is 8.50. The van der Waals surface area contributed by atoms with Crippen LogP contribution in [0, 0.1) is 11.6 Å². The van der Waals surface area contributed by atoms with E-state index in [1.54, 1.807) is 12.1 Å². The summed E-state index contributed by atoms with van der Waals surface area (Å²) in [7, 11) is 0. The minimum atomic E-state index is -4.52.